The highest BCUT2D eigenvalue weighted by Crippen LogP contribution is 2.29. The standard InChI is InChI=1S/C22H24N2O3/c25-22(23-21-11-3-7-17-6-1-2-10-20(17)21)16-24(14-18-8-4-12-26-18)15-19-9-5-13-27-19/h1-2,4-6,8-10,12-13,21H,3,7,11,14-16H2,(H,23,25)/t21-/m1/s1. The monoisotopic (exact) mass is 364 g/mol. The Morgan fingerprint density at radius 3 is 2.37 bits per heavy atom. The van der Waals surface area contributed by atoms with Gasteiger partial charge in [0.25, 0.3) is 0 Å². The van der Waals surface area contributed by atoms with E-state index in [-0.39, 0.29) is 11.9 Å². The van der Waals surface area contributed by atoms with Crippen LogP contribution in [-0.4, -0.2) is 17.4 Å². The number of benzene rings is 1. The lowest BCUT2D eigenvalue weighted by Gasteiger charge is -2.27. The first-order valence-electron chi connectivity index (χ1n) is 9.42. The highest BCUT2D eigenvalue weighted by Gasteiger charge is 2.22. The molecule has 0 radical (unpaired) electrons. The summed E-state index contributed by atoms with van der Waals surface area (Å²) in [4.78, 5) is 14.8. The summed E-state index contributed by atoms with van der Waals surface area (Å²) in [7, 11) is 0. The van der Waals surface area contributed by atoms with Crippen molar-refractivity contribution in [2.45, 2.75) is 38.4 Å². The van der Waals surface area contributed by atoms with Crippen LogP contribution < -0.4 is 5.32 Å². The molecular weight excluding hydrogens is 340 g/mol. The van der Waals surface area contributed by atoms with Gasteiger partial charge in [0.1, 0.15) is 11.5 Å². The molecule has 3 aromatic rings. The molecule has 0 bridgehead atoms. The van der Waals surface area contributed by atoms with Gasteiger partial charge < -0.3 is 14.2 Å². The minimum Gasteiger partial charge on any atom is -0.468 e. The minimum atomic E-state index is 0.0230. The van der Waals surface area contributed by atoms with Crippen LogP contribution in [0.15, 0.2) is 69.9 Å². The van der Waals surface area contributed by atoms with Crippen molar-refractivity contribution in [3.05, 3.63) is 83.7 Å². The molecule has 1 aliphatic carbocycles. The Hall–Kier alpha value is -2.79. The number of nitrogens with one attached hydrogen (secondary N) is 1. The van der Waals surface area contributed by atoms with E-state index in [1.54, 1.807) is 12.5 Å². The Labute approximate surface area is 159 Å². The van der Waals surface area contributed by atoms with Crippen molar-refractivity contribution in [2.24, 2.45) is 0 Å². The van der Waals surface area contributed by atoms with Crippen molar-refractivity contribution in [1.82, 2.24) is 10.2 Å². The molecule has 0 saturated heterocycles. The maximum Gasteiger partial charge on any atom is 0.234 e. The van der Waals surface area contributed by atoms with Crippen LogP contribution in [0.1, 0.15) is 41.5 Å². The number of rotatable bonds is 7. The number of fused-ring (bicyclic) bond motifs is 1. The average Bonchev–Trinajstić information content (AvgIpc) is 3.36. The summed E-state index contributed by atoms with van der Waals surface area (Å²) in [5, 5.41) is 3.22. The van der Waals surface area contributed by atoms with Crippen molar-refractivity contribution in [3.8, 4) is 0 Å². The molecule has 0 fully saturated rings. The summed E-state index contributed by atoms with van der Waals surface area (Å²) in [5.41, 5.74) is 2.60. The second-order valence-corrected chi connectivity index (χ2v) is 7.02. The molecule has 140 valence electrons. The maximum absolute atomic E-state index is 12.8. The highest BCUT2D eigenvalue weighted by molar-refractivity contribution is 5.78. The molecule has 2 aromatic heterocycles. The van der Waals surface area contributed by atoms with Gasteiger partial charge in [-0.1, -0.05) is 24.3 Å². The molecule has 5 heteroatoms. The summed E-state index contributed by atoms with van der Waals surface area (Å²) in [5.74, 6) is 1.68. The Balaban J connectivity index is 1.42. The van der Waals surface area contributed by atoms with Gasteiger partial charge in [-0.15, -0.1) is 0 Å². The van der Waals surface area contributed by atoms with E-state index in [9.17, 15) is 4.79 Å². The Morgan fingerprint density at radius 1 is 1.00 bits per heavy atom. The van der Waals surface area contributed by atoms with Crippen LogP contribution in [0.4, 0.5) is 0 Å². The van der Waals surface area contributed by atoms with Gasteiger partial charge >= 0.3 is 0 Å². The predicted octanol–water partition coefficient (Wildman–Crippen LogP) is 4.07. The number of furan rings is 2. The van der Waals surface area contributed by atoms with Gasteiger partial charge in [0.05, 0.1) is 38.2 Å². The van der Waals surface area contributed by atoms with Crippen molar-refractivity contribution < 1.29 is 13.6 Å². The van der Waals surface area contributed by atoms with Crippen LogP contribution >= 0.6 is 0 Å². The molecular formula is C22H24N2O3. The lowest BCUT2D eigenvalue weighted by atomic mass is 9.88. The fourth-order valence-electron chi connectivity index (χ4n) is 3.76. The lowest BCUT2D eigenvalue weighted by Crippen LogP contribution is -2.39. The summed E-state index contributed by atoms with van der Waals surface area (Å²) < 4.78 is 10.9. The summed E-state index contributed by atoms with van der Waals surface area (Å²) in [6, 6.07) is 16.1. The van der Waals surface area contributed by atoms with Gasteiger partial charge in [-0.25, -0.2) is 0 Å². The second kappa shape index (κ2) is 8.27. The fraction of sp³-hybridized carbons (Fsp3) is 0.318. The topological polar surface area (TPSA) is 58.6 Å². The normalized spacial score (nSPS) is 16.3. The SMILES string of the molecule is O=C(CN(Cc1ccco1)Cc1ccco1)N[C@@H]1CCCc2ccccc21. The largest absolute Gasteiger partial charge is 0.468 e. The van der Waals surface area contributed by atoms with Crippen molar-refractivity contribution in [1.29, 1.82) is 0 Å². The molecule has 0 unspecified atom stereocenters. The molecule has 27 heavy (non-hydrogen) atoms. The zero-order chi connectivity index (χ0) is 18.5. The highest BCUT2D eigenvalue weighted by atomic mass is 16.3. The first-order valence-corrected chi connectivity index (χ1v) is 9.42. The van der Waals surface area contributed by atoms with Crippen LogP contribution in [0.3, 0.4) is 0 Å². The number of aryl methyl sites for hydroxylation is 1. The second-order valence-electron chi connectivity index (χ2n) is 7.02. The van der Waals surface area contributed by atoms with Gasteiger partial charge in [0.15, 0.2) is 0 Å². The van der Waals surface area contributed by atoms with Crippen molar-refractivity contribution >= 4 is 5.91 Å². The summed E-state index contributed by atoms with van der Waals surface area (Å²) in [6.45, 7) is 1.41. The third-order valence-electron chi connectivity index (χ3n) is 4.99. The van der Waals surface area contributed by atoms with E-state index >= 15 is 0 Å². The molecule has 4 rings (SSSR count). The number of amides is 1. The van der Waals surface area contributed by atoms with Gasteiger partial charge in [-0.3, -0.25) is 9.69 Å². The zero-order valence-electron chi connectivity index (χ0n) is 15.3. The van der Waals surface area contributed by atoms with Crippen LogP contribution in [-0.2, 0) is 24.3 Å². The van der Waals surface area contributed by atoms with E-state index < -0.39 is 0 Å². The quantitative estimate of drug-likeness (QED) is 0.687. The van der Waals surface area contributed by atoms with E-state index in [1.807, 2.05) is 35.2 Å². The van der Waals surface area contributed by atoms with Gasteiger partial charge in [-0.2, -0.15) is 0 Å². The first kappa shape index (κ1) is 17.6. The van der Waals surface area contributed by atoms with Crippen LogP contribution in [0.2, 0.25) is 0 Å². The molecule has 5 nitrogen and oxygen atoms in total. The number of nitrogens with zero attached hydrogens (tertiary/aromatic N) is 1. The smallest absolute Gasteiger partial charge is 0.234 e. The van der Waals surface area contributed by atoms with E-state index in [4.69, 9.17) is 8.83 Å². The van der Waals surface area contributed by atoms with Crippen LogP contribution in [0, 0.1) is 0 Å². The van der Waals surface area contributed by atoms with Gasteiger partial charge in [0.2, 0.25) is 5.91 Å². The minimum absolute atomic E-state index is 0.0230. The van der Waals surface area contributed by atoms with E-state index in [0.29, 0.717) is 19.6 Å². The molecule has 0 aliphatic heterocycles. The first-order chi connectivity index (χ1) is 13.3. The molecule has 2 heterocycles. The average molecular weight is 364 g/mol. The maximum atomic E-state index is 12.8. The number of carbonyl (C=O) groups excluding carboxylic acids is 1. The third-order valence-corrected chi connectivity index (χ3v) is 4.99. The molecule has 1 aliphatic rings. The fourth-order valence-corrected chi connectivity index (χ4v) is 3.76. The van der Waals surface area contributed by atoms with E-state index in [1.165, 1.54) is 11.1 Å². The lowest BCUT2D eigenvalue weighted by molar-refractivity contribution is -0.123. The summed E-state index contributed by atoms with van der Waals surface area (Å²) >= 11 is 0. The van der Waals surface area contributed by atoms with Crippen molar-refractivity contribution in [2.75, 3.05) is 6.54 Å². The molecule has 1 aromatic carbocycles. The Bertz CT molecular complexity index is 819. The van der Waals surface area contributed by atoms with Gasteiger partial charge in [-0.05, 0) is 54.7 Å². The molecule has 1 atom stereocenters. The van der Waals surface area contributed by atoms with Crippen molar-refractivity contribution in [3.63, 3.8) is 0 Å². The summed E-state index contributed by atoms with van der Waals surface area (Å²) in [6.07, 6.45) is 6.48. The van der Waals surface area contributed by atoms with Gasteiger partial charge in [0, 0.05) is 0 Å². The molecule has 1 N–H and O–H groups in total. The number of carbonyl (C=O) groups is 1. The van der Waals surface area contributed by atoms with Crippen LogP contribution in [0.5, 0.6) is 0 Å². The zero-order valence-corrected chi connectivity index (χ0v) is 15.3. The predicted molar refractivity (Wildman–Crippen MR) is 102 cm³/mol. The number of hydrogen-bond acceptors (Lipinski definition) is 4. The van der Waals surface area contributed by atoms with Crippen LogP contribution in [0.25, 0.3) is 0 Å². The molecule has 1 amide bonds. The molecule has 0 spiro atoms. The Morgan fingerprint density at radius 2 is 1.70 bits per heavy atom. The van der Waals surface area contributed by atoms with E-state index in [2.05, 4.69) is 23.5 Å². The third kappa shape index (κ3) is 4.49. The number of hydrogen-bond donors (Lipinski definition) is 1. The molecule has 0 saturated carbocycles. The van der Waals surface area contributed by atoms with E-state index in [0.717, 1.165) is 30.8 Å². The Kier molecular flexibility index (Phi) is 5.39.